The molecule has 1 heterocycles. The van der Waals surface area contributed by atoms with Gasteiger partial charge in [-0.25, -0.2) is 13.1 Å². The topological polar surface area (TPSA) is 67.4 Å². The summed E-state index contributed by atoms with van der Waals surface area (Å²) in [6.07, 6.45) is 3.26. The van der Waals surface area contributed by atoms with Crippen molar-refractivity contribution in [1.82, 2.24) is 10.0 Å². The summed E-state index contributed by atoms with van der Waals surface area (Å²) in [6.45, 7) is 5.48. The first-order valence-electron chi connectivity index (χ1n) is 7.47. The molecule has 1 aromatic rings. The standard InChI is InChI=1S/C14H24N2O3S2/c1-2-15-9-13-8-14(11-20-13)21(17,18)16-6-3-7-19-10-12-4-5-12/h8,11-12,15-16H,2-7,9-10H2,1H3. The number of rotatable bonds is 11. The fourth-order valence-corrected chi connectivity index (χ4v) is 4.16. The molecule has 120 valence electrons. The largest absolute Gasteiger partial charge is 0.381 e. The molecule has 7 heteroatoms. The Bertz CT molecular complexity index is 524. The van der Waals surface area contributed by atoms with Crippen molar-refractivity contribution in [3.8, 4) is 0 Å². The van der Waals surface area contributed by atoms with Gasteiger partial charge in [0.15, 0.2) is 0 Å². The fourth-order valence-electron chi connectivity index (χ4n) is 1.84. The number of sulfonamides is 1. The first-order chi connectivity index (χ1) is 10.1. The second-order valence-electron chi connectivity index (χ2n) is 5.30. The molecule has 0 bridgehead atoms. The highest BCUT2D eigenvalue weighted by Crippen LogP contribution is 2.28. The van der Waals surface area contributed by atoms with Gasteiger partial charge in [0, 0.05) is 36.6 Å². The molecule has 1 aliphatic rings. The number of thiophene rings is 1. The molecule has 0 radical (unpaired) electrons. The maximum atomic E-state index is 12.1. The summed E-state index contributed by atoms with van der Waals surface area (Å²) < 4.78 is 32.3. The highest BCUT2D eigenvalue weighted by Gasteiger charge is 2.21. The molecular formula is C14H24N2O3S2. The minimum atomic E-state index is -3.38. The minimum Gasteiger partial charge on any atom is -0.381 e. The molecule has 1 aliphatic carbocycles. The van der Waals surface area contributed by atoms with E-state index in [0.29, 0.717) is 31.0 Å². The van der Waals surface area contributed by atoms with E-state index < -0.39 is 10.0 Å². The minimum absolute atomic E-state index is 0.360. The molecule has 0 amide bonds. The van der Waals surface area contributed by atoms with E-state index in [4.69, 9.17) is 4.74 Å². The average Bonchev–Trinajstić information content (AvgIpc) is 3.15. The van der Waals surface area contributed by atoms with Crippen molar-refractivity contribution in [3.05, 3.63) is 16.3 Å². The lowest BCUT2D eigenvalue weighted by atomic mass is 10.4. The van der Waals surface area contributed by atoms with E-state index >= 15 is 0 Å². The predicted molar refractivity (Wildman–Crippen MR) is 85.0 cm³/mol. The lowest BCUT2D eigenvalue weighted by Gasteiger charge is -2.05. The Balaban J connectivity index is 1.68. The maximum Gasteiger partial charge on any atom is 0.241 e. The Morgan fingerprint density at radius 1 is 1.43 bits per heavy atom. The van der Waals surface area contributed by atoms with Crippen LogP contribution in [0.3, 0.4) is 0 Å². The lowest BCUT2D eigenvalue weighted by Crippen LogP contribution is -2.25. The van der Waals surface area contributed by atoms with Gasteiger partial charge in [-0.2, -0.15) is 0 Å². The van der Waals surface area contributed by atoms with Crippen molar-refractivity contribution in [2.45, 2.75) is 37.6 Å². The molecule has 0 aromatic carbocycles. The third-order valence-electron chi connectivity index (χ3n) is 3.30. The summed E-state index contributed by atoms with van der Waals surface area (Å²) in [7, 11) is -3.38. The molecule has 5 nitrogen and oxygen atoms in total. The van der Waals surface area contributed by atoms with Crippen LogP contribution in [0.15, 0.2) is 16.3 Å². The van der Waals surface area contributed by atoms with E-state index in [2.05, 4.69) is 10.0 Å². The quantitative estimate of drug-likeness (QED) is 0.608. The van der Waals surface area contributed by atoms with Crippen molar-refractivity contribution in [3.63, 3.8) is 0 Å². The number of hydrogen-bond donors (Lipinski definition) is 2. The van der Waals surface area contributed by atoms with E-state index in [1.807, 2.05) is 6.92 Å². The van der Waals surface area contributed by atoms with Crippen molar-refractivity contribution in [2.75, 3.05) is 26.3 Å². The smallest absolute Gasteiger partial charge is 0.241 e. The maximum absolute atomic E-state index is 12.1. The van der Waals surface area contributed by atoms with Crippen LogP contribution in [0.25, 0.3) is 0 Å². The van der Waals surface area contributed by atoms with E-state index in [1.165, 1.54) is 24.2 Å². The third kappa shape index (κ3) is 6.04. The summed E-state index contributed by atoms with van der Waals surface area (Å²) in [5.74, 6) is 0.752. The SMILES string of the molecule is CCNCc1cc(S(=O)(=O)NCCCOCC2CC2)cs1. The van der Waals surface area contributed by atoms with Crippen LogP contribution in [0, 0.1) is 5.92 Å². The highest BCUT2D eigenvalue weighted by atomic mass is 32.2. The average molecular weight is 332 g/mol. The monoisotopic (exact) mass is 332 g/mol. The Labute approximate surface area is 131 Å². The van der Waals surface area contributed by atoms with Gasteiger partial charge in [-0.3, -0.25) is 0 Å². The van der Waals surface area contributed by atoms with Crippen molar-refractivity contribution in [1.29, 1.82) is 0 Å². The summed E-state index contributed by atoms with van der Waals surface area (Å²) >= 11 is 1.47. The van der Waals surface area contributed by atoms with Crippen LogP contribution in [0.5, 0.6) is 0 Å². The summed E-state index contributed by atoms with van der Waals surface area (Å²) in [4.78, 5) is 1.39. The van der Waals surface area contributed by atoms with Gasteiger partial charge in [0.25, 0.3) is 0 Å². The fraction of sp³-hybridized carbons (Fsp3) is 0.714. The van der Waals surface area contributed by atoms with Gasteiger partial charge >= 0.3 is 0 Å². The van der Waals surface area contributed by atoms with E-state index in [1.54, 1.807) is 11.4 Å². The van der Waals surface area contributed by atoms with Crippen LogP contribution in [0.2, 0.25) is 0 Å². The van der Waals surface area contributed by atoms with Crippen LogP contribution in [-0.2, 0) is 21.3 Å². The number of nitrogens with one attached hydrogen (secondary N) is 2. The zero-order valence-corrected chi connectivity index (χ0v) is 14.1. The van der Waals surface area contributed by atoms with Gasteiger partial charge in [-0.1, -0.05) is 6.92 Å². The van der Waals surface area contributed by atoms with Gasteiger partial charge in [-0.05, 0) is 37.8 Å². The van der Waals surface area contributed by atoms with Gasteiger partial charge in [0.2, 0.25) is 10.0 Å². The molecular weight excluding hydrogens is 308 g/mol. The van der Waals surface area contributed by atoms with Crippen LogP contribution in [0.1, 0.15) is 31.1 Å². The van der Waals surface area contributed by atoms with Crippen molar-refractivity contribution < 1.29 is 13.2 Å². The normalized spacial score (nSPS) is 15.5. The van der Waals surface area contributed by atoms with Crippen LogP contribution < -0.4 is 10.0 Å². The Kier molecular flexibility index (Phi) is 6.63. The molecule has 2 rings (SSSR count). The highest BCUT2D eigenvalue weighted by molar-refractivity contribution is 7.89. The Morgan fingerprint density at radius 3 is 2.95 bits per heavy atom. The number of hydrogen-bond acceptors (Lipinski definition) is 5. The molecule has 0 spiro atoms. The zero-order chi connectivity index (χ0) is 15.1. The van der Waals surface area contributed by atoms with Gasteiger partial charge in [-0.15, -0.1) is 11.3 Å². The van der Waals surface area contributed by atoms with Crippen LogP contribution in [0.4, 0.5) is 0 Å². The predicted octanol–water partition coefficient (Wildman–Crippen LogP) is 1.95. The first-order valence-corrected chi connectivity index (χ1v) is 9.83. The summed E-state index contributed by atoms with van der Waals surface area (Å²) in [5, 5.41) is 4.88. The molecule has 1 aromatic heterocycles. The Hall–Kier alpha value is -0.470. The molecule has 1 saturated carbocycles. The van der Waals surface area contributed by atoms with Crippen LogP contribution in [-0.4, -0.2) is 34.7 Å². The second-order valence-corrected chi connectivity index (χ2v) is 8.06. The molecule has 2 N–H and O–H groups in total. The molecule has 0 aliphatic heterocycles. The van der Waals surface area contributed by atoms with Crippen molar-refractivity contribution >= 4 is 21.4 Å². The summed E-state index contributed by atoms with van der Waals surface area (Å²) in [6, 6.07) is 1.74. The molecule has 1 fully saturated rings. The first kappa shape index (κ1) is 16.9. The molecule has 0 saturated heterocycles. The molecule has 0 unspecified atom stereocenters. The molecule has 21 heavy (non-hydrogen) atoms. The van der Waals surface area contributed by atoms with Gasteiger partial charge in [0.1, 0.15) is 0 Å². The Morgan fingerprint density at radius 2 is 2.24 bits per heavy atom. The van der Waals surface area contributed by atoms with E-state index in [-0.39, 0.29) is 0 Å². The van der Waals surface area contributed by atoms with E-state index in [0.717, 1.165) is 23.9 Å². The van der Waals surface area contributed by atoms with Gasteiger partial charge in [0.05, 0.1) is 4.90 Å². The van der Waals surface area contributed by atoms with Crippen molar-refractivity contribution in [2.24, 2.45) is 5.92 Å². The van der Waals surface area contributed by atoms with E-state index in [9.17, 15) is 8.42 Å². The third-order valence-corrected chi connectivity index (χ3v) is 5.82. The lowest BCUT2D eigenvalue weighted by molar-refractivity contribution is 0.123. The second kappa shape index (κ2) is 8.24. The van der Waals surface area contributed by atoms with Gasteiger partial charge < -0.3 is 10.1 Å². The molecule has 0 atom stereocenters. The van der Waals surface area contributed by atoms with Crippen LogP contribution >= 0.6 is 11.3 Å². The number of ether oxygens (including phenoxy) is 1. The zero-order valence-electron chi connectivity index (χ0n) is 12.4. The summed E-state index contributed by atoms with van der Waals surface area (Å²) in [5.41, 5.74) is 0.